The van der Waals surface area contributed by atoms with Crippen LogP contribution in [-0.4, -0.2) is 10.8 Å². The number of nitrogens with one attached hydrogen (secondary N) is 2. The van der Waals surface area contributed by atoms with Gasteiger partial charge in [-0.05, 0) is 18.2 Å². The molecule has 2 aromatic carbocycles. The number of benzene rings is 2. The first kappa shape index (κ1) is 14.4. The topological polar surface area (TPSA) is 110 Å². The minimum absolute atomic E-state index is 0.0306. The summed E-state index contributed by atoms with van der Waals surface area (Å²) in [4.78, 5) is 22.2. The first-order chi connectivity index (χ1) is 10.0. The normalized spacial score (nSPS) is 10.0. The van der Waals surface area contributed by atoms with Crippen molar-refractivity contribution in [2.45, 2.75) is 0 Å². The van der Waals surface area contributed by atoms with E-state index >= 15 is 0 Å². The van der Waals surface area contributed by atoms with Crippen LogP contribution in [0.3, 0.4) is 0 Å². The number of non-ortho nitro benzene ring substituents is 1. The van der Waals surface area contributed by atoms with Crippen LogP contribution in [0, 0.1) is 15.9 Å². The number of para-hydroxylation sites is 1. The lowest BCUT2D eigenvalue weighted by Gasteiger charge is -2.10. The van der Waals surface area contributed by atoms with Gasteiger partial charge in [0.05, 0.1) is 21.9 Å². The van der Waals surface area contributed by atoms with Gasteiger partial charge in [-0.25, -0.2) is 4.39 Å². The molecular weight excluding hydrogens is 279 g/mol. The number of hydrogen-bond donors (Lipinski definition) is 3. The second-order valence-electron chi connectivity index (χ2n) is 4.07. The average molecular weight is 290 g/mol. The van der Waals surface area contributed by atoms with E-state index in [0.29, 0.717) is 0 Å². The van der Waals surface area contributed by atoms with Gasteiger partial charge in [-0.15, -0.1) is 0 Å². The highest BCUT2D eigenvalue weighted by Gasteiger charge is 2.17. The van der Waals surface area contributed by atoms with E-state index < -0.39 is 16.6 Å². The van der Waals surface area contributed by atoms with Crippen molar-refractivity contribution in [2.75, 3.05) is 10.7 Å². The predicted molar refractivity (Wildman–Crippen MR) is 75.3 cm³/mol. The Labute approximate surface area is 118 Å². The molecule has 2 aromatic rings. The van der Waals surface area contributed by atoms with Gasteiger partial charge in [-0.2, -0.15) is 0 Å². The van der Waals surface area contributed by atoms with Gasteiger partial charge in [0.1, 0.15) is 5.82 Å². The maximum atomic E-state index is 13.5. The van der Waals surface area contributed by atoms with Gasteiger partial charge in [0.25, 0.3) is 11.6 Å². The fraction of sp³-hybridized carbons (Fsp3) is 0. The summed E-state index contributed by atoms with van der Waals surface area (Å²) in [6.07, 6.45) is 0. The van der Waals surface area contributed by atoms with E-state index in [1.54, 1.807) is 6.07 Å². The number of hydrazine groups is 1. The zero-order valence-corrected chi connectivity index (χ0v) is 10.7. The van der Waals surface area contributed by atoms with Gasteiger partial charge in [-0.3, -0.25) is 20.8 Å². The zero-order chi connectivity index (χ0) is 15.4. The molecular formula is C13H11FN4O3. The van der Waals surface area contributed by atoms with Gasteiger partial charge in [0, 0.05) is 12.1 Å². The third-order valence-electron chi connectivity index (χ3n) is 2.74. The number of nitrogens with zero attached hydrogens (tertiary/aromatic N) is 1. The van der Waals surface area contributed by atoms with Gasteiger partial charge < -0.3 is 10.7 Å². The lowest BCUT2D eigenvalue weighted by atomic mass is 10.1. The van der Waals surface area contributed by atoms with Crippen molar-refractivity contribution in [2.24, 2.45) is 5.84 Å². The maximum absolute atomic E-state index is 13.5. The Bertz CT molecular complexity index is 706. The Kier molecular flexibility index (Phi) is 4.10. The molecule has 1 amide bonds. The number of carbonyl (C=O) groups is 1. The Hall–Kier alpha value is -3.00. The van der Waals surface area contributed by atoms with Crippen LogP contribution in [0.1, 0.15) is 10.4 Å². The molecule has 0 spiro atoms. The number of nitro groups is 1. The smallest absolute Gasteiger partial charge is 0.270 e. The van der Waals surface area contributed by atoms with Crippen LogP contribution in [0.4, 0.5) is 21.5 Å². The zero-order valence-electron chi connectivity index (χ0n) is 10.7. The SMILES string of the molecule is NNc1ccc([N+](=O)[O-])cc1C(=O)Nc1ccccc1F. The number of nitro benzene ring substituents is 1. The van der Waals surface area contributed by atoms with Crippen molar-refractivity contribution in [3.63, 3.8) is 0 Å². The molecule has 0 unspecified atom stereocenters. The molecule has 0 atom stereocenters. The lowest BCUT2D eigenvalue weighted by molar-refractivity contribution is -0.384. The van der Waals surface area contributed by atoms with Crippen molar-refractivity contribution in [3.8, 4) is 0 Å². The summed E-state index contributed by atoms with van der Waals surface area (Å²) >= 11 is 0. The monoisotopic (exact) mass is 290 g/mol. The fourth-order valence-corrected chi connectivity index (χ4v) is 1.71. The van der Waals surface area contributed by atoms with Crippen molar-refractivity contribution in [3.05, 3.63) is 64.0 Å². The van der Waals surface area contributed by atoms with E-state index in [2.05, 4.69) is 10.7 Å². The third-order valence-corrected chi connectivity index (χ3v) is 2.74. The number of hydrogen-bond acceptors (Lipinski definition) is 5. The van der Waals surface area contributed by atoms with E-state index in [-0.39, 0.29) is 22.6 Å². The fourth-order valence-electron chi connectivity index (χ4n) is 1.71. The average Bonchev–Trinajstić information content (AvgIpc) is 2.48. The minimum Gasteiger partial charge on any atom is -0.323 e. The van der Waals surface area contributed by atoms with Crippen LogP contribution < -0.4 is 16.6 Å². The number of nitrogens with two attached hydrogens (primary N) is 1. The Morgan fingerprint density at radius 1 is 1.19 bits per heavy atom. The van der Waals surface area contributed by atoms with Gasteiger partial charge in [0.15, 0.2) is 0 Å². The quantitative estimate of drug-likeness (QED) is 0.454. The number of halogens is 1. The largest absolute Gasteiger partial charge is 0.323 e. The van der Waals surface area contributed by atoms with Gasteiger partial charge in [0.2, 0.25) is 0 Å². The number of anilines is 2. The van der Waals surface area contributed by atoms with Crippen molar-refractivity contribution in [1.82, 2.24) is 0 Å². The molecule has 0 aliphatic rings. The molecule has 108 valence electrons. The molecule has 21 heavy (non-hydrogen) atoms. The molecule has 0 aliphatic carbocycles. The van der Waals surface area contributed by atoms with Crippen LogP contribution in [0.2, 0.25) is 0 Å². The summed E-state index contributed by atoms with van der Waals surface area (Å²) in [7, 11) is 0. The van der Waals surface area contributed by atoms with Crippen LogP contribution in [-0.2, 0) is 0 Å². The van der Waals surface area contributed by atoms with Crippen LogP contribution in [0.15, 0.2) is 42.5 Å². The number of nitrogen functional groups attached to an aromatic ring is 1. The number of carbonyl (C=O) groups excluding carboxylic acids is 1. The highest BCUT2D eigenvalue weighted by atomic mass is 19.1. The van der Waals surface area contributed by atoms with Crippen molar-refractivity contribution in [1.29, 1.82) is 0 Å². The predicted octanol–water partition coefficient (Wildman–Crippen LogP) is 2.27. The molecule has 0 bridgehead atoms. The van der Waals surface area contributed by atoms with E-state index in [1.165, 1.54) is 30.3 Å². The first-order valence-electron chi connectivity index (χ1n) is 5.84. The Morgan fingerprint density at radius 2 is 1.90 bits per heavy atom. The second-order valence-corrected chi connectivity index (χ2v) is 4.07. The molecule has 4 N–H and O–H groups in total. The Morgan fingerprint density at radius 3 is 2.52 bits per heavy atom. The van der Waals surface area contributed by atoms with Crippen LogP contribution in [0.5, 0.6) is 0 Å². The molecule has 0 radical (unpaired) electrons. The maximum Gasteiger partial charge on any atom is 0.270 e. The van der Waals surface area contributed by atoms with E-state index in [1.807, 2.05) is 0 Å². The molecule has 0 saturated heterocycles. The highest BCUT2D eigenvalue weighted by Crippen LogP contribution is 2.23. The lowest BCUT2D eigenvalue weighted by Crippen LogP contribution is -2.18. The van der Waals surface area contributed by atoms with E-state index in [4.69, 9.17) is 5.84 Å². The summed E-state index contributed by atoms with van der Waals surface area (Å²) in [6.45, 7) is 0. The van der Waals surface area contributed by atoms with Gasteiger partial charge >= 0.3 is 0 Å². The number of amides is 1. The Balaban J connectivity index is 2.36. The van der Waals surface area contributed by atoms with E-state index in [0.717, 1.165) is 6.07 Å². The van der Waals surface area contributed by atoms with Gasteiger partial charge in [-0.1, -0.05) is 12.1 Å². The van der Waals surface area contributed by atoms with E-state index in [9.17, 15) is 19.3 Å². The van der Waals surface area contributed by atoms with Crippen molar-refractivity contribution < 1.29 is 14.1 Å². The number of rotatable bonds is 4. The summed E-state index contributed by atoms with van der Waals surface area (Å²) in [6, 6.07) is 9.15. The molecule has 0 fully saturated rings. The summed E-state index contributed by atoms with van der Waals surface area (Å²) in [5.41, 5.74) is 2.09. The highest BCUT2D eigenvalue weighted by molar-refractivity contribution is 6.08. The minimum atomic E-state index is -0.711. The second kappa shape index (κ2) is 5.97. The molecule has 0 heterocycles. The summed E-state index contributed by atoms with van der Waals surface area (Å²) in [5.74, 6) is 3.94. The van der Waals surface area contributed by atoms with Crippen LogP contribution in [0.25, 0.3) is 0 Å². The third kappa shape index (κ3) is 3.12. The summed E-state index contributed by atoms with van der Waals surface area (Å²) in [5, 5.41) is 13.1. The van der Waals surface area contributed by atoms with Crippen LogP contribution >= 0.6 is 0 Å². The first-order valence-corrected chi connectivity index (χ1v) is 5.84. The molecule has 0 saturated carbocycles. The van der Waals surface area contributed by atoms with Crippen molar-refractivity contribution >= 4 is 23.0 Å². The standard InChI is InChI=1S/C13H11FN4O3/c14-10-3-1-2-4-12(10)16-13(19)9-7-8(18(20)21)5-6-11(9)17-15/h1-7,17H,15H2,(H,16,19). The molecule has 0 aliphatic heterocycles. The molecule has 7 nitrogen and oxygen atoms in total. The summed E-state index contributed by atoms with van der Waals surface area (Å²) < 4.78 is 13.5. The molecule has 2 rings (SSSR count). The molecule has 8 heteroatoms. The molecule has 0 aromatic heterocycles.